The average Bonchev–Trinajstić information content (AvgIpc) is 2.81. The minimum absolute atomic E-state index is 0.0849. The zero-order valence-electron chi connectivity index (χ0n) is 18.4. The Hall–Kier alpha value is -3.07. The molecule has 0 saturated carbocycles. The number of nitrogens with zero attached hydrogens (tertiary/aromatic N) is 5. The number of carbonyl (C=O) groups is 1. The maximum Gasteiger partial charge on any atom is 0.229 e. The lowest BCUT2D eigenvalue weighted by Crippen LogP contribution is -2.36. The summed E-state index contributed by atoms with van der Waals surface area (Å²) in [4.78, 5) is 27.7. The Labute approximate surface area is 183 Å². The topological polar surface area (TPSA) is 83.1 Å². The van der Waals surface area contributed by atoms with Crippen LogP contribution >= 0.6 is 0 Å². The summed E-state index contributed by atoms with van der Waals surface area (Å²) in [5.74, 6) is 2.04. The summed E-state index contributed by atoms with van der Waals surface area (Å²) in [6.45, 7) is 6.88. The molecular formula is C22H30N6O3. The lowest BCUT2D eigenvalue weighted by molar-refractivity contribution is -0.118. The number of nitrogens with one attached hydrogen (secondary N) is 1. The number of morpholine rings is 1. The van der Waals surface area contributed by atoms with Gasteiger partial charge in [0.2, 0.25) is 11.9 Å². The fourth-order valence-electron chi connectivity index (χ4n) is 3.95. The van der Waals surface area contributed by atoms with E-state index in [-0.39, 0.29) is 5.91 Å². The minimum atomic E-state index is 0.0849. The molecule has 31 heavy (non-hydrogen) atoms. The molecule has 2 aliphatic rings. The number of anilines is 5. The summed E-state index contributed by atoms with van der Waals surface area (Å²) in [7, 11) is 3.44. The van der Waals surface area contributed by atoms with Crippen molar-refractivity contribution in [3.63, 3.8) is 0 Å². The van der Waals surface area contributed by atoms with Crippen LogP contribution in [0.25, 0.3) is 0 Å². The van der Waals surface area contributed by atoms with Gasteiger partial charge in [-0.15, -0.1) is 0 Å². The van der Waals surface area contributed by atoms with Crippen LogP contribution in [0.15, 0.2) is 24.4 Å². The van der Waals surface area contributed by atoms with Crippen molar-refractivity contribution in [2.45, 2.75) is 19.8 Å². The van der Waals surface area contributed by atoms with Crippen molar-refractivity contribution in [3.8, 4) is 5.75 Å². The largest absolute Gasteiger partial charge is 0.494 e. The second-order valence-corrected chi connectivity index (χ2v) is 7.65. The summed E-state index contributed by atoms with van der Waals surface area (Å²) in [5, 5.41) is 3.29. The molecule has 0 aliphatic carbocycles. The normalized spacial score (nSPS) is 17.1. The highest BCUT2D eigenvalue weighted by molar-refractivity contribution is 5.96. The highest BCUT2D eigenvalue weighted by Crippen LogP contribution is 2.34. The number of amides is 1. The van der Waals surface area contributed by atoms with E-state index in [1.807, 2.05) is 12.1 Å². The van der Waals surface area contributed by atoms with E-state index in [4.69, 9.17) is 14.5 Å². The third kappa shape index (κ3) is 4.51. The molecule has 2 aliphatic heterocycles. The average molecular weight is 427 g/mol. The molecule has 1 saturated heterocycles. The van der Waals surface area contributed by atoms with Gasteiger partial charge in [0.25, 0.3) is 0 Å². The van der Waals surface area contributed by atoms with Crippen LogP contribution in [-0.4, -0.2) is 69.4 Å². The predicted molar refractivity (Wildman–Crippen MR) is 122 cm³/mol. The summed E-state index contributed by atoms with van der Waals surface area (Å²) in [6.07, 6.45) is 3.05. The molecule has 0 spiro atoms. The Balaban J connectivity index is 1.62. The van der Waals surface area contributed by atoms with Gasteiger partial charge in [0.15, 0.2) is 5.82 Å². The number of hydrogen-bond donors (Lipinski definition) is 1. The third-order valence-corrected chi connectivity index (χ3v) is 5.79. The third-order valence-electron chi connectivity index (χ3n) is 5.79. The number of rotatable bonds is 5. The summed E-state index contributed by atoms with van der Waals surface area (Å²) < 4.78 is 11.1. The van der Waals surface area contributed by atoms with E-state index in [1.54, 1.807) is 25.3 Å². The van der Waals surface area contributed by atoms with E-state index in [1.165, 1.54) is 0 Å². The fraction of sp³-hybridized carbons (Fsp3) is 0.500. The van der Waals surface area contributed by atoms with Gasteiger partial charge >= 0.3 is 0 Å². The SMILES string of the molecule is CCN1CCCC(=O)N(C)c2cnc(Nc3ccc(N4CCOCC4)cc3OC)nc21. The molecular weight excluding hydrogens is 396 g/mol. The van der Waals surface area contributed by atoms with E-state index in [0.29, 0.717) is 12.4 Å². The summed E-state index contributed by atoms with van der Waals surface area (Å²) in [5.41, 5.74) is 2.62. The molecule has 9 heteroatoms. The molecule has 1 N–H and O–H groups in total. The Morgan fingerprint density at radius 2 is 2.03 bits per heavy atom. The molecule has 0 atom stereocenters. The Morgan fingerprint density at radius 3 is 2.77 bits per heavy atom. The lowest BCUT2D eigenvalue weighted by atomic mass is 10.2. The molecule has 3 heterocycles. The molecule has 1 aromatic carbocycles. The van der Waals surface area contributed by atoms with Gasteiger partial charge in [-0.05, 0) is 25.5 Å². The van der Waals surface area contributed by atoms with E-state index < -0.39 is 0 Å². The van der Waals surface area contributed by atoms with Crippen molar-refractivity contribution in [2.24, 2.45) is 0 Å². The quantitative estimate of drug-likeness (QED) is 0.781. The van der Waals surface area contributed by atoms with Crippen LogP contribution in [0.3, 0.4) is 0 Å². The molecule has 9 nitrogen and oxygen atoms in total. The molecule has 0 unspecified atom stereocenters. The van der Waals surface area contributed by atoms with Gasteiger partial charge in [-0.1, -0.05) is 0 Å². The van der Waals surface area contributed by atoms with Gasteiger partial charge < -0.3 is 29.5 Å². The molecule has 1 fully saturated rings. The first-order chi connectivity index (χ1) is 15.1. The van der Waals surface area contributed by atoms with Crippen molar-refractivity contribution in [3.05, 3.63) is 24.4 Å². The van der Waals surface area contributed by atoms with E-state index in [9.17, 15) is 4.79 Å². The van der Waals surface area contributed by atoms with Gasteiger partial charge in [-0.2, -0.15) is 4.98 Å². The highest BCUT2D eigenvalue weighted by Gasteiger charge is 2.23. The number of methoxy groups -OCH3 is 1. The maximum atomic E-state index is 12.4. The number of ether oxygens (including phenoxy) is 2. The van der Waals surface area contributed by atoms with Crippen LogP contribution in [0.1, 0.15) is 19.8 Å². The van der Waals surface area contributed by atoms with Crippen molar-refractivity contribution in [2.75, 3.05) is 73.6 Å². The summed E-state index contributed by atoms with van der Waals surface area (Å²) >= 11 is 0. The number of benzene rings is 1. The molecule has 166 valence electrons. The van der Waals surface area contributed by atoms with E-state index >= 15 is 0 Å². The zero-order valence-corrected chi connectivity index (χ0v) is 18.4. The maximum absolute atomic E-state index is 12.4. The molecule has 0 bridgehead atoms. The number of aromatic nitrogens is 2. The highest BCUT2D eigenvalue weighted by atomic mass is 16.5. The fourth-order valence-corrected chi connectivity index (χ4v) is 3.95. The van der Waals surface area contributed by atoms with Crippen LogP contribution < -0.4 is 24.8 Å². The van der Waals surface area contributed by atoms with Crippen molar-refractivity contribution < 1.29 is 14.3 Å². The van der Waals surface area contributed by atoms with Gasteiger partial charge in [-0.25, -0.2) is 4.98 Å². The van der Waals surface area contributed by atoms with Crippen LogP contribution in [0.4, 0.5) is 28.8 Å². The van der Waals surface area contributed by atoms with E-state index in [2.05, 4.69) is 33.1 Å². The van der Waals surface area contributed by atoms with Crippen LogP contribution in [-0.2, 0) is 9.53 Å². The number of carbonyl (C=O) groups excluding carboxylic acids is 1. The van der Waals surface area contributed by atoms with Gasteiger partial charge in [0, 0.05) is 51.4 Å². The molecule has 4 rings (SSSR count). The minimum Gasteiger partial charge on any atom is -0.494 e. The Kier molecular flexibility index (Phi) is 6.41. The first kappa shape index (κ1) is 21.2. The van der Waals surface area contributed by atoms with Crippen LogP contribution in [0, 0.1) is 0 Å². The first-order valence-corrected chi connectivity index (χ1v) is 10.8. The second-order valence-electron chi connectivity index (χ2n) is 7.65. The van der Waals surface area contributed by atoms with Crippen molar-refractivity contribution in [1.82, 2.24) is 9.97 Å². The monoisotopic (exact) mass is 426 g/mol. The van der Waals surface area contributed by atoms with Crippen LogP contribution in [0.2, 0.25) is 0 Å². The Bertz CT molecular complexity index is 931. The predicted octanol–water partition coefficient (Wildman–Crippen LogP) is 2.65. The standard InChI is InChI=1S/C22H30N6O3/c1-4-27-9-5-6-20(29)26(2)18-15-23-22(25-21(18)27)24-17-8-7-16(14-19(17)30-3)28-10-12-31-13-11-28/h7-8,14-15H,4-6,9-13H2,1-3H3,(H,23,24,25). The Morgan fingerprint density at radius 1 is 1.23 bits per heavy atom. The van der Waals surface area contributed by atoms with Crippen molar-refractivity contribution in [1.29, 1.82) is 0 Å². The van der Waals surface area contributed by atoms with E-state index in [0.717, 1.165) is 74.4 Å². The van der Waals surface area contributed by atoms with Crippen LogP contribution in [0.5, 0.6) is 5.75 Å². The van der Waals surface area contributed by atoms with Gasteiger partial charge in [-0.3, -0.25) is 4.79 Å². The van der Waals surface area contributed by atoms with Gasteiger partial charge in [0.1, 0.15) is 11.4 Å². The number of hydrogen-bond acceptors (Lipinski definition) is 8. The number of fused-ring (bicyclic) bond motifs is 1. The van der Waals surface area contributed by atoms with Gasteiger partial charge in [0.05, 0.1) is 32.2 Å². The molecule has 1 amide bonds. The molecule has 1 aromatic heterocycles. The summed E-state index contributed by atoms with van der Waals surface area (Å²) in [6, 6.07) is 6.07. The molecule has 2 aromatic rings. The smallest absolute Gasteiger partial charge is 0.229 e. The molecule has 0 radical (unpaired) electrons. The zero-order chi connectivity index (χ0) is 21.8. The first-order valence-electron chi connectivity index (χ1n) is 10.8. The second kappa shape index (κ2) is 9.38. The lowest BCUT2D eigenvalue weighted by Gasteiger charge is -2.30. The van der Waals surface area contributed by atoms with Crippen molar-refractivity contribution >= 4 is 34.7 Å².